The Labute approximate surface area is 165 Å². The van der Waals surface area contributed by atoms with Crippen LogP contribution < -0.4 is 9.46 Å². The third-order valence-corrected chi connectivity index (χ3v) is 6.86. The molecule has 1 aliphatic carbocycles. The Morgan fingerprint density at radius 1 is 1.26 bits per heavy atom. The van der Waals surface area contributed by atoms with Crippen LogP contribution in [0.4, 0.5) is 0 Å². The summed E-state index contributed by atoms with van der Waals surface area (Å²) in [4.78, 5) is 4.44. The molecule has 0 bridgehead atoms. The summed E-state index contributed by atoms with van der Waals surface area (Å²) >= 11 is 5.83. The number of pyridine rings is 1. The number of hydrogen-bond acceptors (Lipinski definition) is 5. The predicted molar refractivity (Wildman–Crippen MR) is 104 cm³/mol. The predicted octanol–water partition coefficient (Wildman–Crippen LogP) is 3.24. The number of aromatic nitrogens is 3. The van der Waals surface area contributed by atoms with Gasteiger partial charge in [-0.15, -0.1) is 0 Å². The smallest absolute Gasteiger partial charge is 0.244 e. The van der Waals surface area contributed by atoms with Gasteiger partial charge in [-0.05, 0) is 52.5 Å². The molecule has 0 atom stereocenters. The molecule has 0 aromatic carbocycles. The zero-order valence-electron chi connectivity index (χ0n) is 15.8. The fourth-order valence-electron chi connectivity index (χ4n) is 3.56. The standard InChI is InChI=1S/C18H25ClN4O3S/c1-4-23-13(3)18(12(2)21-23)27(24,25)22-15-6-8-16(9-7-15)26-17-10-5-14(19)11-20-17/h5,10-11,15-16,22H,4,6-9H2,1-3H3. The topological polar surface area (TPSA) is 86.1 Å². The molecule has 3 rings (SSSR count). The van der Waals surface area contributed by atoms with E-state index in [9.17, 15) is 8.42 Å². The molecule has 2 aromatic heterocycles. The zero-order valence-corrected chi connectivity index (χ0v) is 17.3. The highest BCUT2D eigenvalue weighted by molar-refractivity contribution is 7.89. The molecule has 9 heteroatoms. The minimum atomic E-state index is -3.59. The Kier molecular flexibility index (Phi) is 6.08. The van der Waals surface area contributed by atoms with Crippen LogP contribution in [0.25, 0.3) is 0 Å². The molecule has 7 nitrogen and oxygen atoms in total. The van der Waals surface area contributed by atoms with E-state index >= 15 is 0 Å². The van der Waals surface area contributed by atoms with Crippen LogP contribution in [0.2, 0.25) is 5.02 Å². The van der Waals surface area contributed by atoms with Crippen molar-refractivity contribution in [2.45, 2.75) is 70.0 Å². The lowest BCUT2D eigenvalue weighted by Gasteiger charge is -2.29. The molecule has 1 saturated carbocycles. The van der Waals surface area contributed by atoms with Gasteiger partial charge in [-0.3, -0.25) is 4.68 Å². The second-order valence-electron chi connectivity index (χ2n) is 6.84. The summed E-state index contributed by atoms with van der Waals surface area (Å²) in [5.74, 6) is 0.543. The fraction of sp³-hybridized carbons (Fsp3) is 0.556. The van der Waals surface area contributed by atoms with Crippen molar-refractivity contribution in [2.24, 2.45) is 0 Å². The number of halogens is 1. The monoisotopic (exact) mass is 412 g/mol. The van der Waals surface area contributed by atoms with Crippen molar-refractivity contribution in [1.29, 1.82) is 0 Å². The van der Waals surface area contributed by atoms with Crippen molar-refractivity contribution in [3.8, 4) is 5.88 Å². The molecule has 1 N–H and O–H groups in total. The molecule has 1 fully saturated rings. The number of ether oxygens (including phenoxy) is 1. The number of rotatable bonds is 6. The maximum Gasteiger partial charge on any atom is 0.244 e. The Morgan fingerprint density at radius 3 is 2.52 bits per heavy atom. The third-order valence-electron chi connectivity index (χ3n) is 4.87. The van der Waals surface area contributed by atoms with Crippen molar-refractivity contribution in [2.75, 3.05) is 0 Å². The van der Waals surface area contributed by atoms with E-state index in [0.717, 1.165) is 25.7 Å². The highest BCUT2D eigenvalue weighted by Crippen LogP contribution is 2.26. The number of nitrogens with one attached hydrogen (secondary N) is 1. The van der Waals surface area contributed by atoms with Gasteiger partial charge in [0.15, 0.2) is 0 Å². The van der Waals surface area contributed by atoms with Gasteiger partial charge in [-0.25, -0.2) is 18.1 Å². The first-order valence-corrected chi connectivity index (χ1v) is 11.0. The highest BCUT2D eigenvalue weighted by atomic mass is 35.5. The van der Waals surface area contributed by atoms with Gasteiger partial charge in [-0.2, -0.15) is 5.10 Å². The lowest BCUT2D eigenvalue weighted by Crippen LogP contribution is -2.40. The average molecular weight is 413 g/mol. The van der Waals surface area contributed by atoms with E-state index < -0.39 is 10.0 Å². The van der Waals surface area contributed by atoms with E-state index in [2.05, 4.69) is 14.8 Å². The van der Waals surface area contributed by atoms with Crippen molar-refractivity contribution in [1.82, 2.24) is 19.5 Å². The molecule has 148 valence electrons. The van der Waals surface area contributed by atoms with Crippen LogP contribution in [0.1, 0.15) is 44.0 Å². The minimum Gasteiger partial charge on any atom is -0.474 e. The summed E-state index contributed by atoms with van der Waals surface area (Å²) in [6.45, 7) is 6.11. The molecule has 0 aliphatic heterocycles. The Bertz CT molecular complexity index is 888. The van der Waals surface area contributed by atoms with E-state index in [0.29, 0.717) is 33.7 Å². The summed E-state index contributed by atoms with van der Waals surface area (Å²) in [7, 11) is -3.59. The molecular formula is C18H25ClN4O3S. The summed E-state index contributed by atoms with van der Waals surface area (Å²) in [6.07, 6.45) is 4.56. The molecule has 0 radical (unpaired) electrons. The first-order valence-electron chi connectivity index (χ1n) is 9.14. The molecule has 0 amide bonds. The SMILES string of the molecule is CCn1nc(C)c(S(=O)(=O)NC2CCC(Oc3ccc(Cl)cn3)CC2)c1C. The van der Waals surface area contributed by atoms with Crippen LogP contribution in [-0.4, -0.2) is 35.3 Å². The molecular weight excluding hydrogens is 388 g/mol. The second kappa shape index (κ2) is 8.16. The van der Waals surface area contributed by atoms with E-state index in [1.54, 1.807) is 36.9 Å². The van der Waals surface area contributed by atoms with Crippen molar-refractivity contribution in [3.63, 3.8) is 0 Å². The van der Waals surface area contributed by atoms with E-state index in [1.807, 2.05) is 6.92 Å². The number of sulfonamides is 1. The van der Waals surface area contributed by atoms with E-state index in [1.165, 1.54) is 0 Å². The summed E-state index contributed by atoms with van der Waals surface area (Å²) in [5, 5.41) is 4.88. The van der Waals surface area contributed by atoms with Crippen molar-refractivity contribution in [3.05, 3.63) is 34.7 Å². The summed E-state index contributed by atoms with van der Waals surface area (Å²) in [6, 6.07) is 3.38. The molecule has 2 heterocycles. The van der Waals surface area contributed by atoms with Gasteiger partial charge in [-0.1, -0.05) is 11.6 Å². The van der Waals surface area contributed by atoms with Gasteiger partial charge in [0.25, 0.3) is 0 Å². The maximum absolute atomic E-state index is 12.9. The van der Waals surface area contributed by atoms with Crippen LogP contribution in [-0.2, 0) is 16.6 Å². The number of aryl methyl sites for hydroxylation is 2. The van der Waals surface area contributed by atoms with Crippen molar-refractivity contribution >= 4 is 21.6 Å². The first-order chi connectivity index (χ1) is 12.8. The Balaban J connectivity index is 1.60. The van der Waals surface area contributed by atoms with Gasteiger partial charge in [0.2, 0.25) is 15.9 Å². The van der Waals surface area contributed by atoms with E-state index in [-0.39, 0.29) is 12.1 Å². The molecule has 0 spiro atoms. The van der Waals surface area contributed by atoms with Crippen LogP contribution in [0.3, 0.4) is 0 Å². The average Bonchev–Trinajstić information content (AvgIpc) is 2.92. The molecule has 2 aromatic rings. The second-order valence-corrected chi connectivity index (χ2v) is 8.93. The van der Waals surface area contributed by atoms with Gasteiger partial charge >= 0.3 is 0 Å². The first kappa shape index (κ1) is 20.1. The van der Waals surface area contributed by atoms with E-state index in [4.69, 9.17) is 16.3 Å². The largest absolute Gasteiger partial charge is 0.474 e. The summed E-state index contributed by atoms with van der Waals surface area (Å²) < 4.78 is 36.2. The van der Waals surface area contributed by atoms with Crippen LogP contribution >= 0.6 is 11.6 Å². The third kappa shape index (κ3) is 4.62. The van der Waals surface area contributed by atoms with Crippen LogP contribution in [0.15, 0.2) is 23.2 Å². The quantitative estimate of drug-likeness (QED) is 0.787. The Hall–Kier alpha value is -1.64. The normalized spacial score (nSPS) is 20.6. The maximum atomic E-state index is 12.9. The molecule has 1 aliphatic rings. The Morgan fingerprint density at radius 2 is 1.96 bits per heavy atom. The van der Waals surface area contributed by atoms with Crippen LogP contribution in [0, 0.1) is 13.8 Å². The van der Waals surface area contributed by atoms with Crippen molar-refractivity contribution < 1.29 is 13.2 Å². The van der Waals surface area contributed by atoms with Gasteiger partial charge in [0.1, 0.15) is 11.0 Å². The van der Waals surface area contributed by atoms with Gasteiger partial charge in [0.05, 0.1) is 16.4 Å². The van der Waals surface area contributed by atoms with Gasteiger partial charge in [0, 0.05) is 24.8 Å². The molecule has 27 heavy (non-hydrogen) atoms. The minimum absolute atomic E-state index is 0.0331. The molecule has 0 saturated heterocycles. The summed E-state index contributed by atoms with van der Waals surface area (Å²) in [5.41, 5.74) is 1.21. The highest BCUT2D eigenvalue weighted by Gasteiger charge is 2.30. The zero-order chi connectivity index (χ0) is 19.6. The lowest BCUT2D eigenvalue weighted by molar-refractivity contribution is 0.138. The number of hydrogen-bond donors (Lipinski definition) is 1. The lowest BCUT2D eigenvalue weighted by atomic mass is 9.94. The fourth-order valence-corrected chi connectivity index (χ4v) is 5.39. The molecule has 0 unspecified atom stereocenters. The van der Waals surface area contributed by atoms with Gasteiger partial charge < -0.3 is 4.74 Å². The number of nitrogens with zero attached hydrogens (tertiary/aromatic N) is 3. The van der Waals surface area contributed by atoms with Crippen LogP contribution in [0.5, 0.6) is 5.88 Å².